The maximum Gasteiger partial charge on any atom is 0.240 e. The fourth-order valence-corrected chi connectivity index (χ4v) is 2.93. The second-order valence-electron chi connectivity index (χ2n) is 5.33. The molecule has 0 saturated carbocycles. The third kappa shape index (κ3) is 2.49. The minimum atomic E-state index is -0.500. The summed E-state index contributed by atoms with van der Waals surface area (Å²) in [5.74, 6) is -0.904. The molecule has 0 aliphatic carbocycles. The van der Waals surface area contributed by atoms with Crippen LogP contribution < -0.4 is 5.73 Å². The molecule has 0 radical (unpaired) electrons. The van der Waals surface area contributed by atoms with Crippen LogP contribution in [-0.2, 0) is 16.0 Å². The van der Waals surface area contributed by atoms with E-state index in [1.54, 1.807) is 17.2 Å². The molecule has 1 saturated heterocycles. The SMILES string of the molecule is NC(=O)C1CCCN1C(=O)Cc1c[nH]c2cc(F)ccc12. The lowest BCUT2D eigenvalue weighted by atomic mass is 10.1. The number of halogens is 1. The molecular formula is C15H16FN3O2. The molecule has 3 rings (SSSR count). The van der Waals surface area contributed by atoms with Crippen LogP contribution >= 0.6 is 0 Å². The van der Waals surface area contributed by atoms with E-state index in [1.165, 1.54) is 12.1 Å². The number of H-pyrrole nitrogens is 1. The molecule has 0 bridgehead atoms. The number of rotatable bonds is 3. The van der Waals surface area contributed by atoms with Crippen LogP contribution in [0.15, 0.2) is 24.4 Å². The Hall–Kier alpha value is -2.37. The Morgan fingerprint density at radius 2 is 2.24 bits per heavy atom. The van der Waals surface area contributed by atoms with Gasteiger partial charge in [-0.25, -0.2) is 4.39 Å². The van der Waals surface area contributed by atoms with Crippen LogP contribution in [0.1, 0.15) is 18.4 Å². The lowest BCUT2D eigenvalue weighted by Crippen LogP contribution is -2.44. The van der Waals surface area contributed by atoms with Crippen LogP contribution in [0, 0.1) is 5.82 Å². The van der Waals surface area contributed by atoms with Gasteiger partial charge >= 0.3 is 0 Å². The molecular weight excluding hydrogens is 273 g/mol. The highest BCUT2D eigenvalue weighted by Crippen LogP contribution is 2.23. The van der Waals surface area contributed by atoms with Gasteiger partial charge in [-0.2, -0.15) is 0 Å². The molecule has 21 heavy (non-hydrogen) atoms. The summed E-state index contributed by atoms with van der Waals surface area (Å²) in [7, 11) is 0. The molecule has 1 unspecified atom stereocenters. The highest BCUT2D eigenvalue weighted by Gasteiger charge is 2.32. The second-order valence-corrected chi connectivity index (χ2v) is 5.33. The Morgan fingerprint density at radius 3 is 3.00 bits per heavy atom. The van der Waals surface area contributed by atoms with Gasteiger partial charge in [0.2, 0.25) is 11.8 Å². The predicted octanol–water partition coefficient (Wildman–Crippen LogP) is 1.33. The number of nitrogens with zero attached hydrogens (tertiary/aromatic N) is 1. The van der Waals surface area contributed by atoms with Gasteiger partial charge < -0.3 is 15.6 Å². The fourth-order valence-electron chi connectivity index (χ4n) is 2.93. The molecule has 0 spiro atoms. The van der Waals surface area contributed by atoms with E-state index in [4.69, 9.17) is 5.73 Å². The monoisotopic (exact) mass is 289 g/mol. The number of hydrogen-bond donors (Lipinski definition) is 2. The number of aromatic amines is 1. The van der Waals surface area contributed by atoms with Crippen LogP contribution in [0.3, 0.4) is 0 Å². The topological polar surface area (TPSA) is 79.2 Å². The quantitative estimate of drug-likeness (QED) is 0.894. The molecule has 3 N–H and O–H groups in total. The van der Waals surface area contributed by atoms with Gasteiger partial charge in [-0.15, -0.1) is 0 Å². The van der Waals surface area contributed by atoms with Gasteiger partial charge in [0.1, 0.15) is 11.9 Å². The zero-order valence-electron chi connectivity index (χ0n) is 11.4. The highest BCUT2D eigenvalue weighted by atomic mass is 19.1. The summed E-state index contributed by atoms with van der Waals surface area (Å²) in [4.78, 5) is 28.2. The zero-order valence-corrected chi connectivity index (χ0v) is 11.4. The maximum atomic E-state index is 13.1. The summed E-state index contributed by atoms with van der Waals surface area (Å²) in [6.07, 6.45) is 3.30. The van der Waals surface area contributed by atoms with Crippen molar-refractivity contribution < 1.29 is 14.0 Å². The first kappa shape index (κ1) is 13.6. The van der Waals surface area contributed by atoms with Gasteiger partial charge in [0, 0.05) is 23.6 Å². The van der Waals surface area contributed by atoms with Crippen molar-refractivity contribution in [1.82, 2.24) is 9.88 Å². The molecule has 2 aromatic rings. The Morgan fingerprint density at radius 1 is 1.43 bits per heavy atom. The number of likely N-dealkylation sites (tertiary alicyclic amines) is 1. The number of nitrogens with one attached hydrogen (secondary N) is 1. The number of primary amides is 1. The third-order valence-corrected chi connectivity index (χ3v) is 3.97. The number of hydrogen-bond acceptors (Lipinski definition) is 2. The van der Waals surface area contributed by atoms with Crippen molar-refractivity contribution in [2.24, 2.45) is 5.73 Å². The van der Waals surface area contributed by atoms with Crippen LogP contribution in [0.25, 0.3) is 10.9 Å². The molecule has 1 aliphatic rings. The van der Waals surface area contributed by atoms with Crippen molar-refractivity contribution in [3.05, 3.63) is 35.8 Å². The number of nitrogens with two attached hydrogens (primary N) is 1. The summed E-state index contributed by atoms with van der Waals surface area (Å²) >= 11 is 0. The first-order valence-corrected chi connectivity index (χ1v) is 6.90. The molecule has 6 heteroatoms. The highest BCUT2D eigenvalue weighted by molar-refractivity contribution is 5.91. The van der Waals surface area contributed by atoms with E-state index in [0.29, 0.717) is 18.5 Å². The summed E-state index contributed by atoms with van der Waals surface area (Å²) in [5.41, 5.74) is 6.78. The van der Waals surface area contributed by atoms with Crippen molar-refractivity contribution in [3.8, 4) is 0 Å². The summed E-state index contributed by atoms with van der Waals surface area (Å²) in [6.45, 7) is 0.559. The van der Waals surface area contributed by atoms with E-state index in [2.05, 4.69) is 4.98 Å². The summed E-state index contributed by atoms with van der Waals surface area (Å²) in [5, 5.41) is 0.819. The number of amides is 2. The molecule has 1 aromatic heterocycles. The number of carbonyl (C=O) groups excluding carboxylic acids is 2. The standard InChI is InChI=1S/C15H16FN3O2/c16-10-3-4-11-9(8-18-12(11)7-10)6-14(20)19-5-1-2-13(19)15(17)21/h3-4,7-8,13,18H,1-2,5-6H2,(H2,17,21). The van der Waals surface area contributed by atoms with Crippen LogP contribution in [0.5, 0.6) is 0 Å². The smallest absolute Gasteiger partial charge is 0.240 e. The van der Waals surface area contributed by atoms with Gasteiger partial charge in [-0.05, 0) is 36.6 Å². The van der Waals surface area contributed by atoms with Crippen LogP contribution in [0.4, 0.5) is 4.39 Å². The molecule has 1 fully saturated rings. The summed E-state index contributed by atoms with van der Waals surface area (Å²) < 4.78 is 13.1. The molecule has 1 atom stereocenters. The summed E-state index contributed by atoms with van der Waals surface area (Å²) in [6, 6.07) is 3.91. The predicted molar refractivity (Wildman–Crippen MR) is 75.9 cm³/mol. The van der Waals surface area contributed by atoms with Gasteiger partial charge in [0.05, 0.1) is 6.42 Å². The average molecular weight is 289 g/mol. The van der Waals surface area contributed by atoms with E-state index < -0.39 is 11.9 Å². The number of carbonyl (C=O) groups is 2. The van der Waals surface area contributed by atoms with Gasteiger partial charge in [0.25, 0.3) is 0 Å². The average Bonchev–Trinajstić information content (AvgIpc) is 3.05. The third-order valence-electron chi connectivity index (χ3n) is 3.97. The molecule has 2 heterocycles. The number of aromatic nitrogens is 1. The minimum Gasteiger partial charge on any atom is -0.368 e. The van der Waals surface area contributed by atoms with E-state index in [0.717, 1.165) is 17.4 Å². The van der Waals surface area contributed by atoms with Gasteiger partial charge in [-0.3, -0.25) is 9.59 Å². The lowest BCUT2D eigenvalue weighted by molar-refractivity contribution is -0.136. The molecule has 5 nitrogen and oxygen atoms in total. The van der Waals surface area contributed by atoms with E-state index in [9.17, 15) is 14.0 Å². The van der Waals surface area contributed by atoms with Gasteiger partial charge in [0.15, 0.2) is 0 Å². The second kappa shape index (κ2) is 5.20. The Labute approximate surface area is 120 Å². The van der Waals surface area contributed by atoms with Crippen molar-refractivity contribution in [2.75, 3.05) is 6.54 Å². The van der Waals surface area contributed by atoms with Crippen molar-refractivity contribution in [2.45, 2.75) is 25.3 Å². The molecule has 110 valence electrons. The number of fused-ring (bicyclic) bond motifs is 1. The Kier molecular flexibility index (Phi) is 3.37. The zero-order chi connectivity index (χ0) is 15.0. The van der Waals surface area contributed by atoms with Crippen molar-refractivity contribution in [3.63, 3.8) is 0 Å². The fraction of sp³-hybridized carbons (Fsp3) is 0.333. The van der Waals surface area contributed by atoms with E-state index >= 15 is 0 Å². The van der Waals surface area contributed by atoms with Crippen molar-refractivity contribution >= 4 is 22.7 Å². The van der Waals surface area contributed by atoms with Crippen LogP contribution in [0.2, 0.25) is 0 Å². The van der Waals surface area contributed by atoms with Crippen LogP contribution in [-0.4, -0.2) is 34.3 Å². The van der Waals surface area contributed by atoms with Crippen molar-refractivity contribution in [1.29, 1.82) is 0 Å². The first-order valence-electron chi connectivity index (χ1n) is 6.90. The first-order chi connectivity index (χ1) is 10.1. The normalized spacial score (nSPS) is 18.3. The molecule has 2 amide bonds. The van der Waals surface area contributed by atoms with Gasteiger partial charge in [-0.1, -0.05) is 0 Å². The molecule has 1 aliphatic heterocycles. The number of benzene rings is 1. The minimum absolute atomic E-state index is 0.124. The maximum absolute atomic E-state index is 13.1. The largest absolute Gasteiger partial charge is 0.368 e. The van der Waals surface area contributed by atoms with E-state index in [-0.39, 0.29) is 18.1 Å². The lowest BCUT2D eigenvalue weighted by Gasteiger charge is -2.22. The van der Waals surface area contributed by atoms with E-state index in [1.807, 2.05) is 0 Å². The Bertz CT molecular complexity index is 710. The Balaban J connectivity index is 1.82. The molecule has 1 aromatic carbocycles.